The van der Waals surface area contributed by atoms with E-state index >= 15 is 0 Å². The first kappa shape index (κ1) is 18.2. The smallest absolute Gasteiger partial charge is 0.274 e. The molecule has 1 N–H and O–H groups in total. The van der Waals surface area contributed by atoms with Crippen molar-refractivity contribution in [3.8, 4) is 5.69 Å². The molecule has 1 aromatic heterocycles. The van der Waals surface area contributed by atoms with Gasteiger partial charge in [0.1, 0.15) is 0 Å². The Morgan fingerprint density at radius 1 is 1.20 bits per heavy atom. The summed E-state index contributed by atoms with van der Waals surface area (Å²) >= 11 is 6.02. The molecular weight excluding hydrogens is 359 g/mol. The molecule has 5 nitrogen and oxygen atoms in total. The number of rotatable bonds is 2. The molecule has 2 fully saturated rings. The second-order valence-electron chi connectivity index (χ2n) is 6.84. The molecule has 134 valence electrons. The van der Waals surface area contributed by atoms with Gasteiger partial charge in [0.2, 0.25) is 0 Å². The highest BCUT2D eigenvalue weighted by atomic mass is 35.5. The Hall–Kier alpha value is -1.56. The molecule has 2 saturated heterocycles. The Balaban J connectivity index is 0.00000182. The first-order chi connectivity index (χ1) is 11.7. The maximum absolute atomic E-state index is 12.7. The van der Waals surface area contributed by atoms with Crippen LogP contribution in [0.4, 0.5) is 0 Å². The first-order valence-electron chi connectivity index (χ1n) is 8.47. The van der Waals surface area contributed by atoms with E-state index in [-0.39, 0.29) is 18.3 Å². The summed E-state index contributed by atoms with van der Waals surface area (Å²) in [5.74, 6) is 0.0246. The van der Waals surface area contributed by atoms with Crippen LogP contribution in [-0.2, 0) is 0 Å². The van der Waals surface area contributed by atoms with Crippen LogP contribution in [0, 0.1) is 5.41 Å². The predicted molar refractivity (Wildman–Crippen MR) is 101 cm³/mol. The van der Waals surface area contributed by atoms with Crippen LogP contribution in [0.25, 0.3) is 5.69 Å². The Bertz CT molecular complexity index is 745. The molecule has 1 spiro atoms. The van der Waals surface area contributed by atoms with Gasteiger partial charge in [0.05, 0.1) is 5.69 Å². The number of hydrogen-bond acceptors (Lipinski definition) is 3. The first-order valence-corrected chi connectivity index (χ1v) is 8.85. The summed E-state index contributed by atoms with van der Waals surface area (Å²) in [4.78, 5) is 14.7. The van der Waals surface area contributed by atoms with Gasteiger partial charge in [-0.05, 0) is 55.5 Å². The van der Waals surface area contributed by atoms with Gasteiger partial charge in [-0.2, -0.15) is 5.10 Å². The number of carbonyl (C=O) groups excluding carboxylic acids is 1. The molecule has 1 amide bonds. The number of benzene rings is 1. The van der Waals surface area contributed by atoms with Crippen molar-refractivity contribution in [2.45, 2.75) is 19.3 Å². The van der Waals surface area contributed by atoms with Gasteiger partial charge in [0.25, 0.3) is 5.91 Å². The molecule has 2 aliphatic rings. The van der Waals surface area contributed by atoms with E-state index in [0.717, 1.165) is 44.7 Å². The van der Waals surface area contributed by atoms with Crippen LogP contribution in [0.2, 0.25) is 5.02 Å². The van der Waals surface area contributed by atoms with Gasteiger partial charge in [0.15, 0.2) is 5.69 Å². The molecule has 2 aromatic rings. The normalized spacial score (nSPS) is 19.0. The summed E-state index contributed by atoms with van der Waals surface area (Å²) in [5.41, 5.74) is 1.77. The van der Waals surface area contributed by atoms with Crippen molar-refractivity contribution in [1.29, 1.82) is 0 Å². The van der Waals surface area contributed by atoms with E-state index in [1.807, 2.05) is 35.4 Å². The zero-order valence-corrected chi connectivity index (χ0v) is 15.5. The molecule has 3 heterocycles. The van der Waals surface area contributed by atoms with Crippen molar-refractivity contribution in [2.75, 3.05) is 26.2 Å². The number of aromatic nitrogens is 2. The number of carbonyl (C=O) groups is 1. The van der Waals surface area contributed by atoms with E-state index in [0.29, 0.717) is 16.1 Å². The Labute approximate surface area is 158 Å². The van der Waals surface area contributed by atoms with Gasteiger partial charge in [-0.15, -0.1) is 12.4 Å². The number of nitrogens with one attached hydrogen (secondary N) is 1. The number of nitrogens with zero attached hydrogens (tertiary/aromatic N) is 3. The molecular formula is C18H22Cl2N4O. The molecule has 1 aromatic carbocycles. The molecule has 0 atom stereocenters. The molecule has 7 heteroatoms. The van der Waals surface area contributed by atoms with E-state index in [2.05, 4.69) is 10.4 Å². The summed E-state index contributed by atoms with van der Waals surface area (Å²) in [5, 5.41) is 8.55. The number of piperidine rings is 1. The molecule has 0 bridgehead atoms. The van der Waals surface area contributed by atoms with Crippen LogP contribution in [0.3, 0.4) is 0 Å². The van der Waals surface area contributed by atoms with Crippen LogP contribution in [-0.4, -0.2) is 46.8 Å². The topological polar surface area (TPSA) is 50.2 Å². The lowest BCUT2D eigenvalue weighted by molar-refractivity contribution is 0.0601. The van der Waals surface area contributed by atoms with Crippen molar-refractivity contribution in [3.05, 3.63) is 47.2 Å². The molecule has 2 aliphatic heterocycles. The average molecular weight is 381 g/mol. The number of amides is 1. The average Bonchev–Trinajstić information content (AvgIpc) is 3.25. The highest BCUT2D eigenvalue weighted by Gasteiger charge is 2.38. The fourth-order valence-electron chi connectivity index (χ4n) is 3.77. The third-order valence-corrected chi connectivity index (χ3v) is 5.56. The van der Waals surface area contributed by atoms with Gasteiger partial charge < -0.3 is 10.2 Å². The van der Waals surface area contributed by atoms with Crippen molar-refractivity contribution in [3.63, 3.8) is 0 Å². The van der Waals surface area contributed by atoms with Gasteiger partial charge in [0, 0.05) is 30.9 Å². The quantitative estimate of drug-likeness (QED) is 0.870. The van der Waals surface area contributed by atoms with Crippen molar-refractivity contribution in [2.24, 2.45) is 5.41 Å². The maximum atomic E-state index is 12.7. The van der Waals surface area contributed by atoms with Gasteiger partial charge in [-0.3, -0.25) is 4.79 Å². The Morgan fingerprint density at radius 2 is 2.00 bits per heavy atom. The molecule has 25 heavy (non-hydrogen) atoms. The number of likely N-dealkylation sites (tertiary alicyclic amines) is 1. The Morgan fingerprint density at radius 3 is 2.68 bits per heavy atom. The van der Waals surface area contributed by atoms with E-state index < -0.39 is 0 Å². The molecule has 0 saturated carbocycles. The van der Waals surface area contributed by atoms with Crippen LogP contribution in [0.5, 0.6) is 0 Å². The molecule has 0 aliphatic carbocycles. The van der Waals surface area contributed by atoms with Crippen LogP contribution in [0.15, 0.2) is 36.5 Å². The van der Waals surface area contributed by atoms with E-state index in [1.54, 1.807) is 10.7 Å². The fraction of sp³-hybridized carbons (Fsp3) is 0.444. The lowest BCUT2D eigenvalue weighted by atomic mass is 9.78. The second kappa shape index (κ2) is 7.36. The minimum absolute atomic E-state index is 0. The highest BCUT2D eigenvalue weighted by Crippen LogP contribution is 2.37. The highest BCUT2D eigenvalue weighted by molar-refractivity contribution is 6.30. The Kier molecular flexibility index (Phi) is 5.37. The monoisotopic (exact) mass is 380 g/mol. The van der Waals surface area contributed by atoms with E-state index in [4.69, 9.17) is 11.6 Å². The number of halogens is 2. The molecule has 4 rings (SSSR count). The minimum Gasteiger partial charge on any atom is -0.337 e. The lowest BCUT2D eigenvalue weighted by Gasteiger charge is -2.38. The summed E-state index contributed by atoms with van der Waals surface area (Å²) in [7, 11) is 0. The third kappa shape index (κ3) is 3.68. The second-order valence-corrected chi connectivity index (χ2v) is 7.28. The number of hydrogen-bond donors (Lipinski definition) is 1. The van der Waals surface area contributed by atoms with E-state index in [9.17, 15) is 4.79 Å². The van der Waals surface area contributed by atoms with Gasteiger partial charge in [-0.25, -0.2) is 4.68 Å². The SMILES string of the molecule is Cl.O=C(c1ccn(-c2cccc(Cl)c2)n1)N1CCC2(CCNC2)CC1. The van der Waals surface area contributed by atoms with Gasteiger partial charge >= 0.3 is 0 Å². The zero-order valence-electron chi connectivity index (χ0n) is 13.9. The fourth-order valence-corrected chi connectivity index (χ4v) is 3.95. The summed E-state index contributed by atoms with van der Waals surface area (Å²) in [6.07, 6.45) is 5.21. The molecule has 0 radical (unpaired) electrons. The van der Waals surface area contributed by atoms with Crippen LogP contribution in [0.1, 0.15) is 29.8 Å². The van der Waals surface area contributed by atoms with Gasteiger partial charge in [-0.1, -0.05) is 17.7 Å². The van der Waals surface area contributed by atoms with Crippen molar-refractivity contribution >= 4 is 29.9 Å². The zero-order chi connectivity index (χ0) is 16.6. The van der Waals surface area contributed by atoms with Crippen LogP contribution < -0.4 is 5.32 Å². The van der Waals surface area contributed by atoms with Crippen LogP contribution >= 0.6 is 24.0 Å². The van der Waals surface area contributed by atoms with Crippen molar-refractivity contribution in [1.82, 2.24) is 20.0 Å². The third-order valence-electron chi connectivity index (χ3n) is 5.32. The lowest BCUT2D eigenvalue weighted by Crippen LogP contribution is -2.44. The summed E-state index contributed by atoms with van der Waals surface area (Å²) in [6.45, 7) is 3.85. The maximum Gasteiger partial charge on any atom is 0.274 e. The minimum atomic E-state index is 0. The predicted octanol–water partition coefficient (Wildman–Crippen LogP) is 3.16. The van der Waals surface area contributed by atoms with Crippen molar-refractivity contribution < 1.29 is 4.79 Å². The van der Waals surface area contributed by atoms with E-state index in [1.165, 1.54) is 6.42 Å². The summed E-state index contributed by atoms with van der Waals surface area (Å²) < 4.78 is 1.70. The largest absolute Gasteiger partial charge is 0.337 e. The standard InChI is InChI=1S/C18H21ClN4O.ClH/c19-14-2-1-3-15(12-14)23-9-4-16(21-23)17(24)22-10-6-18(7-11-22)5-8-20-13-18;/h1-4,9,12,20H,5-8,10-11,13H2;1H. The summed E-state index contributed by atoms with van der Waals surface area (Å²) in [6, 6.07) is 9.23. The molecule has 0 unspecified atom stereocenters.